The molecule has 0 spiro atoms. The van der Waals surface area contributed by atoms with Crippen LogP contribution in [0.4, 0.5) is 0 Å². The highest BCUT2D eigenvalue weighted by atomic mass is 127. The van der Waals surface area contributed by atoms with Crippen LogP contribution >= 0.6 is 22.6 Å². The summed E-state index contributed by atoms with van der Waals surface area (Å²) in [5.41, 5.74) is 3.46. The van der Waals surface area contributed by atoms with E-state index in [4.69, 9.17) is 0 Å². The van der Waals surface area contributed by atoms with Gasteiger partial charge in [-0.05, 0) is 82.1 Å². The Morgan fingerprint density at radius 3 is 2.64 bits per heavy atom. The lowest BCUT2D eigenvalue weighted by atomic mass is 9.80. The molecule has 25 heavy (non-hydrogen) atoms. The van der Waals surface area contributed by atoms with Crippen molar-refractivity contribution in [3.63, 3.8) is 0 Å². The Labute approximate surface area is 169 Å². The van der Waals surface area contributed by atoms with Gasteiger partial charge in [0, 0.05) is 23.7 Å². The van der Waals surface area contributed by atoms with Crippen LogP contribution in [0, 0.1) is 17.8 Å². The minimum Gasteiger partial charge on any atom is -0.365 e. The van der Waals surface area contributed by atoms with E-state index in [1.165, 1.54) is 64.2 Å². The highest BCUT2D eigenvalue weighted by Crippen LogP contribution is 2.57. The minimum absolute atomic E-state index is 0.760. The number of nitrogens with zero attached hydrogens (tertiary/aromatic N) is 1. The fourth-order valence-electron chi connectivity index (χ4n) is 5.88. The molecule has 0 bridgehead atoms. The highest BCUT2D eigenvalue weighted by Gasteiger charge is 2.53. The second-order valence-corrected chi connectivity index (χ2v) is 9.97. The molecule has 5 unspecified atom stereocenters. The second kappa shape index (κ2) is 8.80. The average Bonchev–Trinajstić information content (AvgIpc) is 3.08. The maximum atomic E-state index is 2.94. The van der Waals surface area contributed by atoms with Crippen molar-refractivity contribution in [3.8, 4) is 0 Å². The Morgan fingerprint density at radius 2 is 1.96 bits per heavy atom. The summed E-state index contributed by atoms with van der Waals surface area (Å²) in [5.74, 6) is 2.64. The fraction of sp³-hybridized carbons (Fsp3) is 0.826. The maximum absolute atomic E-state index is 2.94. The van der Waals surface area contributed by atoms with E-state index >= 15 is 0 Å². The first-order chi connectivity index (χ1) is 12.1. The Hall–Kier alpha value is 0.01000. The van der Waals surface area contributed by atoms with Gasteiger partial charge in [-0.25, -0.2) is 0 Å². The molecule has 0 amide bonds. The van der Waals surface area contributed by atoms with E-state index in [0.717, 1.165) is 29.8 Å². The van der Waals surface area contributed by atoms with Gasteiger partial charge in [0.25, 0.3) is 0 Å². The Balaban J connectivity index is 1.94. The molecule has 3 rings (SSSR count). The normalized spacial score (nSPS) is 32.7. The van der Waals surface area contributed by atoms with Crippen LogP contribution in [-0.2, 0) is 0 Å². The van der Waals surface area contributed by atoms with Crippen molar-refractivity contribution in [1.29, 1.82) is 0 Å². The van der Waals surface area contributed by atoms with Crippen molar-refractivity contribution in [2.75, 3.05) is 0 Å². The largest absolute Gasteiger partial charge is 0.365 e. The molecule has 5 atom stereocenters. The molecular weight excluding hydrogens is 417 g/mol. The third-order valence-corrected chi connectivity index (χ3v) is 8.23. The van der Waals surface area contributed by atoms with E-state index in [-0.39, 0.29) is 0 Å². The van der Waals surface area contributed by atoms with Gasteiger partial charge >= 0.3 is 0 Å². The van der Waals surface area contributed by atoms with Crippen molar-refractivity contribution < 1.29 is 0 Å². The van der Waals surface area contributed by atoms with E-state index < -0.39 is 0 Å². The van der Waals surface area contributed by atoms with Crippen LogP contribution in [0.15, 0.2) is 20.9 Å². The van der Waals surface area contributed by atoms with Crippen molar-refractivity contribution in [1.82, 2.24) is 4.90 Å². The standard InChI is InChI=1S/C23H38IN/c1-5-8-11-17(7-3)25-20-14-10-13-19(24)23(20)22-18(12-9-6-2)16(4)15-21(22)25/h14,16-18,21-22H,5-13,15H2,1-4H3. The molecule has 1 saturated carbocycles. The van der Waals surface area contributed by atoms with Gasteiger partial charge in [0.15, 0.2) is 0 Å². The first-order valence-corrected chi connectivity index (χ1v) is 12.1. The lowest BCUT2D eigenvalue weighted by molar-refractivity contribution is 0.178. The van der Waals surface area contributed by atoms with Gasteiger partial charge in [-0.15, -0.1) is 0 Å². The summed E-state index contributed by atoms with van der Waals surface area (Å²) in [7, 11) is 0. The number of rotatable bonds is 8. The Bertz CT molecular complexity index is 520. The minimum atomic E-state index is 0.760. The summed E-state index contributed by atoms with van der Waals surface area (Å²) >= 11 is 2.69. The molecule has 2 aliphatic carbocycles. The predicted molar refractivity (Wildman–Crippen MR) is 118 cm³/mol. The van der Waals surface area contributed by atoms with Gasteiger partial charge < -0.3 is 4.90 Å². The number of unbranched alkanes of at least 4 members (excludes halogenated alkanes) is 2. The lowest BCUT2D eigenvalue weighted by Gasteiger charge is -2.36. The number of likely N-dealkylation sites (tertiary alicyclic amines) is 1. The number of allylic oxidation sites excluding steroid dienone is 3. The molecule has 0 N–H and O–H groups in total. The number of hydrogen-bond donors (Lipinski definition) is 0. The van der Waals surface area contributed by atoms with Crippen LogP contribution in [0.25, 0.3) is 0 Å². The van der Waals surface area contributed by atoms with Crippen molar-refractivity contribution in [3.05, 3.63) is 20.9 Å². The van der Waals surface area contributed by atoms with Crippen molar-refractivity contribution in [2.24, 2.45) is 17.8 Å². The molecule has 2 heteroatoms. The van der Waals surface area contributed by atoms with Crippen LogP contribution in [0.2, 0.25) is 0 Å². The van der Waals surface area contributed by atoms with E-state index in [1.807, 2.05) is 0 Å². The molecule has 3 aliphatic rings. The fourth-order valence-corrected chi connectivity index (χ4v) is 6.83. The molecule has 0 radical (unpaired) electrons. The van der Waals surface area contributed by atoms with Gasteiger partial charge in [-0.3, -0.25) is 0 Å². The summed E-state index contributed by atoms with van der Waals surface area (Å²) in [6.45, 7) is 9.65. The third kappa shape index (κ3) is 3.71. The van der Waals surface area contributed by atoms with Gasteiger partial charge in [-0.1, -0.05) is 59.5 Å². The summed E-state index contributed by atoms with van der Waals surface area (Å²) in [6, 6.07) is 1.55. The molecule has 0 aromatic heterocycles. The number of halogens is 1. The number of fused-ring (bicyclic) bond motifs is 3. The first kappa shape index (κ1) is 19.8. The SMILES string of the molecule is CCCCC1C(C)CC2C1C1=C(I)CCC=C1N2C(CC)CCCC. The van der Waals surface area contributed by atoms with Crippen LogP contribution < -0.4 is 0 Å². The molecule has 0 aromatic carbocycles. The summed E-state index contributed by atoms with van der Waals surface area (Å²) in [6.07, 6.45) is 16.2. The van der Waals surface area contributed by atoms with Crippen LogP contribution in [0.3, 0.4) is 0 Å². The topological polar surface area (TPSA) is 3.24 Å². The third-order valence-electron chi connectivity index (χ3n) is 7.11. The zero-order valence-electron chi connectivity index (χ0n) is 16.9. The molecule has 1 saturated heterocycles. The highest BCUT2D eigenvalue weighted by molar-refractivity contribution is 14.1. The average molecular weight is 455 g/mol. The summed E-state index contributed by atoms with van der Waals surface area (Å²) < 4.78 is 1.69. The molecule has 142 valence electrons. The van der Waals surface area contributed by atoms with E-state index in [2.05, 4.69) is 61.3 Å². The van der Waals surface area contributed by atoms with Crippen LogP contribution in [0.5, 0.6) is 0 Å². The maximum Gasteiger partial charge on any atom is 0.0374 e. The van der Waals surface area contributed by atoms with Crippen LogP contribution in [0.1, 0.15) is 91.9 Å². The summed E-state index contributed by atoms with van der Waals surface area (Å²) in [4.78, 5) is 2.94. The first-order valence-electron chi connectivity index (χ1n) is 11.0. The second-order valence-electron chi connectivity index (χ2n) is 8.67. The summed E-state index contributed by atoms with van der Waals surface area (Å²) in [5, 5.41) is 0. The zero-order chi connectivity index (χ0) is 18.0. The van der Waals surface area contributed by atoms with E-state index in [9.17, 15) is 0 Å². The predicted octanol–water partition coefficient (Wildman–Crippen LogP) is 7.47. The molecule has 2 fully saturated rings. The smallest absolute Gasteiger partial charge is 0.0374 e. The monoisotopic (exact) mass is 455 g/mol. The Kier molecular flexibility index (Phi) is 6.96. The van der Waals surface area contributed by atoms with E-state index in [1.54, 1.807) is 14.8 Å². The van der Waals surface area contributed by atoms with Crippen LogP contribution in [-0.4, -0.2) is 17.0 Å². The molecular formula is C23H38IN. The van der Waals surface area contributed by atoms with Gasteiger partial charge in [0.05, 0.1) is 0 Å². The lowest BCUT2D eigenvalue weighted by Crippen LogP contribution is -2.38. The zero-order valence-corrected chi connectivity index (χ0v) is 19.0. The molecule has 1 aliphatic heterocycles. The molecule has 1 nitrogen and oxygen atoms in total. The molecule has 1 heterocycles. The number of hydrogen-bond acceptors (Lipinski definition) is 1. The van der Waals surface area contributed by atoms with Crippen molar-refractivity contribution in [2.45, 2.75) is 104 Å². The Morgan fingerprint density at radius 1 is 1.20 bits per heavy atom. The quantitative estimate of drug-likeness (QED) is 0.343. The van der Waals surface area contributed by atoms with Gasteiger partial charge in [0.2, 0.25) is 0 Å². The van der Waals surface area contributed by atoms with Gasteiger partial charge in [0.1, 0.15) is 0 Å². The van der Waals surface area contributed by atoms with Gasteiger partial charge in [-0.2, -0.15) is 0 Å². The van der Waals surface area contributed by atoms with Crippen molar-refractivity contribution >= 4 is 22.6 Å². The van der Waals surface area contributed by atoms with E-state index in [0.29, 0.717) is 0 Å². The molecule has 0 aromatic rings.